The van der Waals surface area contributed by atoms with E-state index in [1.165, 1.54) is 60.8 Å². The summed E-state index contributed by atoms with van der Waals surface area (Å²) < 4.78 is 0. The largest absolute Gasteiger partial charge is 0.508 e. The van der Waals surface area contributed by atoms with Crippen LogP contribution in [0.1, 0.15) is 106 Å². The van der Waals surface area contributed by atoms with E-state index >= 15 is 0 Å². The van der Waals surface area contributed by atoms with Crippen LogP contribution in [0.5, 0.6) is 5.75 Å². The van der Waals surface area contributed by atoms with E-state index in [0.717, 1.165) is 43.6 Å². The Labute approximate surface area is 213 Å². The van der Waals surface area contributed by atoms with Gasteiger partial charge in [0.1, 0.15) is 5.75 Å². The van der Waals surface area contributed by atoms with Crippen LogP contribution >= 0.6 is 0 Å². The Balaban J connectivity index is 1.34. The zero-order valence-corrected chi connectivity index (χ0v) is 22.1. The number of fused-ring (bicyclic) bond motifs is 1. The lowest BCUT2D eigenvalue weighted by atomic mass is 9.61. The minimum Gasteiger partial charge on any atom is -0.508 e. The number of benzene rings is 2. The van der Waals surface area contributed by atoms with Crippen LogP contribution in [0.3, 0.4) is 0 Å². The molecule has 0 aliphatic heterocycles. The van der Waals surface area contributed by atoms with Crippen molar-refractivity contribution < 1.29 is 5.11 Å². The van der Waals surface area contributed by atoms with Crippen molar-refractivity contribution in [1.82, 2.24) is 5.32 Å². The summed E-state index contributed by atoms with van der Waals surface area (Å²) in [5, 5.41) is 14.4. The first-order chi connectivity index (χ1) is 16.9. The maximum atomic E-state index is 10.7. The highest BCUT2D eigenvalue weighted by Crippen LogP contribution is 2.48. The van der Waals surface area contributed by atoms with Crippen molar-refractivity contribution in [2.75, 3.05) is 6.54 Å². The van der Waals surface area contributed by atoms with E-state index in [2.05, 4.69) is 68.6 Å². The fraction of sp³-hybridized carbons (Fsp3) is 0.576. The number of allylic oxidation sites excluding steroid dienone is 2. The second-order valence-electron chi connectivity index (χ2n) is 12.2. The second kappa shape index (κ2) is 10.5. The van der Waals surface area contributed by atoms with Gasteiger partial charge in [-0.15, -0.1) is 0 Å². The topological polar surface area (TPSA) is 32.3 Å². The van der Waals surface area contributed by atoms with Crippen molar-refractivity contribution in [3.63, 3.8) is 0 Å². The standard InChI is InChI=1S/C33H45NO/c1-4-34-32-15-14-29(30-12-5-6-13-31(30)32)26-18-25(20-28(35)21-26)17-24-10-7-11-27(19-24)33(3)16-8-9-23(2)22-33/h5-6,8,12-13,16,18,20-21,23-24,27,29,32,34-35H,4,7,9-11,14-15,17,19,22H2,1-3H3/t23-,24+,27+,29+,32+,33+/m0/s1. The Bertz CT molecular complexity index is 1040. The van der Waals surface area contributed by atoms with Gasteiger partial charge in [0.25, 0.3) is 0 Å². The quantitative estimate of drug-likeness (QED) is 0.415. The molecule has 6 atom stereocenters. The number of hydrogen-bond donors (Lipinski definition) is 2. The van der Waals surface area contributed by atoms with Crippen LogP contribution in [0.4, 0.5) is 0 Å². The highest BCUT2D eigenvalue weighted by Gasteiger charge is 2.38. The van der Waals surface area contributed by atoms with E-state index in [-0.39, 0.29) is 0 Å². The minimum absolute atomic E-state index is 0.370. The zero-order valence-electron chi connectivity index (χ0n) is 22.1. The van der Waals surface area contributed by atoms with Crippen LogP contribution in [0.2, 0.25) is 0 Å². The molecule has 2 nitrogen and oxygen atoms in total. The highest BCUT2D eigenvalue weighted by atomic mass is 16.3. The lowest BCUT2D eigenvalue weighted by molar-refractivity contribution is 0.119. The molecule has 1 fully saturated rings. The molecular weight excluding hydrogens is 426 g/mol. The molecule has 0 bridgehead atoms. The van der Waals surface area contributed by atoms with E-state index in [4.69, 9.17) is 0 Å². The summed E-state index contributed by atoms with van der Waals surface area (Å²) in [6, 6.07) is 15.9. The molecule has 3 aliphatic rings. The van der Waals surface area contributed by atoms with Crippen molar-refractivity contribution in [2.45, 2.75) is 90.5 Å². The van der Waals surface area contributed by atoms with Gasteiger partial charge in [-0.05, 0) is 109 Å². The van der Waals surface area contributed by atoms with Gasteiger partial charge in [-0.3, -0.25) is 0 Å². The van der Waals surface area contributed by atoms with Gasteiger partial charge in [0, 0.05) is 12.0 Å². The van der Waals surface area contributed by atoms with Crippen LogP contribution in [-0.2, 0) is 6.42 Å². The minimum atomic E-state index is 0.370. The molecule has 2 N–H and O–H groups in total. The molecule has 0 radical (unpaired) electrons. The van der Waals surface area contributed by atoms with Gasteiger partial charge in [-0.1, -0.05) is 76.1 Å². The van der Waals surface area contributed by atoms with Crippen LogP contribution < -0.4 is 5.32 Å². The Morgan fingerprint density at radius 3 is 2.66 bits per heavy atom. The fourth-order valence-corrected chi connectivity index (χ4v) is 7.80. The van der Waals surface area contributed by atoms with Crippen LogP contribution in [0, 0.1) is 23.2 Å². The third-order valence-corrected chi connectivity index (χ3v) is 9.41. The summed E-state index contributed by atoms with van der Waals surface area (Å²) >= 11 is 0. The lowest BCUT2D eigenvalue weighted by Crippen LogP contribution is -2.33. The molecule has 1 saturated carbocycles. The molecule has 3 aliphatic carbocycles. The van der Waals surface area contributed by atoms with Crippen molar-refractivity contribution >= 4 is 0 Å². The number of hydrogen-bond acceptors (Lipinski definition) is 2. The first-order valence-electron chi connectivity index (χ1n) is 14.3. The number of phenols is 1. The molecular formula is C33H45NO. The summed E-state index contributed by atoms with van der Waals surface area (Å²) in [4.78, 5) is 0. The average Bonchev–Trinajstić information content (AvgIpc) is 2.84. The van der Waals surface area contributed by atoms with E-state index in [1.54, 1.807) is 0 Å². The molecule has 5 rings (SSSR count). The number of nitrogens with one attached hydrogen (secondary N) is 1. The number of rotatable bonds is 6. The third kappa shape index (κ3) is 5.38. The van der Waals surface area contributed by atoms with Gasteiger partial charge in [0.05, 0.1) is 0 Å². The van der Waals surface area contributed by atoms with Crippen LogP contribution in [0.15, 0.2) is 54.6 Å². The Kier molecular flexibility index (Phi) is 7.39. The average molecular weight is 472 g/mol. The van der Waals surface area contributed by atoms with E-state index < -0.39 is 0 Å². The first kappa shape index (κ1) is 24.6. The summed E-state index contributed by atoms with van der Waals surface area (Å²) in [7, 11) is 0. The smallest absolute Gasteiger partial charge is 0.116 e. The second-order valence-corrected chi connectivity index (χ2v) is 12.2. The molecule has 0 unspecified atom stereocenters. The molecule has 188 valence electrons. The highest BCUT2D eigenvalue weighted by molar-refractivity contribution is 5.45. The maximum absolute atomic E-state index is 10.7. The van der Waals surface area contributed by atoms with Gasteiger partial charge in [0.2, 0.25) is 0 Å². The Morgan fingerprint density at radius 1 is 1.03 bits per heavy atom. The van der Waals surface area contributed by atoms with Crippen molar-refractivity contribution in [3.05, 3.63) is 76.9 Å². The molecule has 2 aromatic rings. The summed E-state index contributed by atoms with van der Waals surface area (Å²) in [5.41, 5.74) is 5.87. The van der Waals surface area contributed by atoms with E-state index in [1.807, 2.05) is 12.1 Å². The predicted octanol–water partition coefficient (Wildman–Crippen LogP) is 8.31. The molecule has 0 aromatic heterocycles. The van der Waals surface area contributed by atoms with Crippen LogP contribution in [0.25, 0.3) is 0 Å². The van der Waals surface area contributed by atoms with Gasteiger partial charge >= 0.3 is 0 Å². The Morgan fingerprint density at radius 2 is 1.86 bits per heavy atom. The first-order valence-corrected chi connectivity index (χ1v) is 14.3. The molecule has 2 aromatic carbocycles. The SMILES string of the molecule is CCN[C@@H]1CC[C@H](c2cc(O)cc(C[C@H]3CCC[C@@H]([C@]4(C)C=CC[C@H](C)C4)C3)c2)c2ccccc21. The molecule has 0 heterocycles. The van der Waals surface area contributed by atoms with Crippen molar-refractivity contribution in [2.24, 2.45) is 23.2 Å². The van der Waals surface area contributed by atoms with Gasteiger partial charge in [-0.2, -0.15) is 0 Å². The molecule has 0 saturated heterocycles. The van der Waals surface area contributed by atoms with E-state index in [0.29, 0.717) is 23.1 Å². The van der Waals surface area contributed by atoms with Crippen molar-refractivity contribution in [1.29, 1.82) is 0 Å². The monoisotopic (exact) mass is 471 g/mol. The predicted molar refractivity (Wildman–Crippen MR) is 147 cm³/mol. The lowest BCUT2D eigenvalue weighted by Gasteiger charge is -2.43. The van der Waals surface area contributed by atoms with Crippen molar-refractivity contribution in [3.8, 4) is 5.75 Å². The fourth-order valence-electron chi connectivity index (χ4n) is 7.80. The van der Waals surface area contributed by atoms with E-state index in [9.17, 15) is 5.11 Å². The molecule has 35 heavy (non-hydrogen) atoms. The summed E-state index contributed by atoms with van der Waals surface area (Å²) in [6.45, 7) is 8.12. The number of phenolic OH excluding ortho intramolecular Hbond substituents is 1. The summed E-state index contributed by atoms with van der Waals surface area (Å²) in [5.74, 6) is 3.14. The normalized spacial score (nSPS) is 32.8. The zero-order chi connectivity index (χ0) is 24.4. The molecule has 0 amide bonds. The van der Waals surface area contributed by atoms with Gasteiger partial charge < -0.3 is 10.4 Å². The molecule has 0 spiro atoms. The van der Waals surface area contributed by atoms with Crippen LogP contribution in [-0.4, -0.2) is 11.7 Å². The Hall–Kier alpha value is -2.06. The summed E-state index contributed by atoms with van der Waals surface area (Å²) in [6.07, 6.45) is 16.3. The third-order valence-electron chi connectivity index (χ3n) is 9.41. The molecule has 2 heteroatoms. The maximum Gasteiger partial charge on any atom is 0.116 e. The number of aromatic hydroxyl groups is 1. The van der Waals surface area contributed by atoms with Gasteiger partial charge in [-0.25, -0.2) is 0 Å². The van der Waals surface area contributed by atoms with Gasteiger partial charge in [0.15, 0.2) is 0 Å².